The van der Waals surface area contributed by atoms with Gasteiger partial charge in [-0.1, -0.05) is 29.8 Å². The molecule has 1 aromatic carbocycles. The molecule has 0 bridgehead atoms. The number of carbonyl (C=O) groups is 1. The topological polar surface area (TPSA) is 42.0 Å². The van der Waals surface area contributed by atoms with E-state index in [-0.39, 0.29) is 17.6 Å². The minimum absolute atomic E-state index is 0.161. The van der Waals surface area contributed by atoms with Crippen LogP contribution in [-0.2, 0) is 20.7 Å². The number of nitrogens with zero attached hydrogens (tertiary/aromatic N) is 2. The Labute approximate surface area is 150 Å². The minimum Gasteiger partial charge on any atom is -0.377 e. The molecule has 2 saturated heterocycles. The third kappa shape index (κ3) is 4.81. The third-order valence-electron chi connectivity index (χ3n) is 5.09. The van der Waals surface area contributed by atoms with Gasteiger partial charge in [0.25, 0.3) is 0 Å². The van der Waals surface area contributed by atoms with Gasteiger partial charge in [-0.2, -0.15) is 0 Å². The predicted octanol–water partition coefficient (Wildman–Crippen LogP) is 1.88. The molecule has 1 spiro atoms. The quantitative estimate of drug-likeness (QED) is 0.835. The van der Waals surface area contributed by atoms with Crippen LogP contribution in [-0.4, -0.2) is 74.4 Å². The maximum Gasteiger partial charge on any atom is 0.227 e. The highest BCUT2D eigenvalue weighted by Gasteiger charge is 2.43. The maximum atomic E-state index is 12.8. The van der Waals surface area contributed by atoms with E-state index in [0.29, 0.717) is 32.7 Å². The normalized spacial score (nSPS) is 27.0. The fraction of sp³-hybridized carbons (Fsp3) is 0.650. The van der Waals surface area contributed by atoms with Crippen LogP contribution >= 0.6 is 0 Å². The highest BCUT2D eigenvalue weighted by molar-refractivity contribution is 5.79. The highest BCUT2D eigenvalue weighted by atomic mass is 16.6. The van der Waals surface area contributed by atoms with Gasteiger partial charge < -0.3 is 19.3 Å². The Morgan fingerprint density at radius 3 is 2.80 bits per heavy atom. The van der Waals surface area contributed by atoms with Crippen molar-refractivity contribution in [1.29, 1.82) is 0 Å². The van der Waals surface area contributed by atoms with Gasteiger partial charge in [0.2, 0.25) is 5.91 Å². The van der Waals surface area contributed by atoms with E-state index in [1.54, 1.807) is 0 Å². The first-order chi connectivity index (χ1) is 12.0. The molecule has 2 heterocycles. The van der Waals surface area contributed by atoms with Crippen LogP contribution in [0.3, 0.4) is 0 Å². The number of amides is 1. The molecule has 0 saturated carbocycles. The van der Waals surface area contributed by atoms with E-state index < -0.39 is 0 Å². The van der Waals surface area contributed by atoms with E-state index in [1.165, 1.54) is 5.56 Å². The summed E-state index contributed by atoms with van der Waals surface area (Å²) in [5, 5.41) is 0. The average Bonchev–Trinajstić information content (AvgIpc) is 2.81. The van der Waals surface area contributed by atoms with Crippen LogP contribution in [0.5, 0.6) is 0 Å². The molecule has 0 radical (unpaired) electrons. The summed E-state index contributed by atoms with van der Waals surface area (Å²) in [7, 11) is 4.13. The molecular formula is C20H30N2O3. The number of benzene rings is 1. The summed E-state index contributed by atoms with van der Waals surface area (Å²) in [6.07, 6.45) is 2.66. The summed E-state index contributed by atoms with van der Waals surface area (Å²) < 4.78 is 12.2. The Morgan fingerprint density at radius 2 is 2.08 bits per heavy atom. The van der Waals surface area contributed by atoms with Gasteiger partial charge in [0.15, 0.2) is 0 Å². The monoisotopic (exact) mass is 346 g/mol. The molecule has 0 unspecified atom stereocenters. The van der Waals surface area contributed by atoms with Crippen molar-refractivity contribution in [2.45, 2.75) is 37.9 Å². The standard InChI is InChI=1S/C20H30N2O3/c1-16-4-6-17(7-5-16)12-19(23)22-10-11-24-15-20(14-22)9-8-18(25-20)13-21(2)3/h4-7,18H,8-15H2,1-3H3/t18-,20-/m1/s1. The third-order valence-corrected chi connectivity index (χ3v) is 5.09. The summed E-state index contributed by atoms with van der Waals surface area (Å²) >= 11 is 0. The van der Waals surface area contributed by atoms with Crippen molar-refractivity contribution in [2.24, 2.45) is 0 Å². The molecule has 5 heteroatoms. The number of ether oxygens (including phenoxy) is 2. The maximum absolute atomic E-state index is 12.8. The van der Waals surface area contributed by atoms with E-state index in [9.17, 15) is 4.79 Å². The zero-order valence-corrected chi connectivity index (χ0v) is 15.7. The van der Waals surface area contributed by atoms with Crippen molar-refractivity contribution in [3.8, 4) is 0 Å². The molecule has 3 rings (SSSR count). The highest BCUT2D eigenvalue weighted by Crippen LogP contribution is 2.33. The van der Waals surface area contributed by atoms with Crippen molar-refractivity contribution in [1.82, 2.24) is 9.80 Å². The van der Waals surface area contributed by atoms with E-state index in [0.717, 1.165) is 24.9 Å². The van der Waals surface area contributed by atoms with Crippen LogP contribution in [0.25, 0.3) is 0 Å². The fourth-order valence-electron chi connectivity index (χ4n) is 3.76. The van der Waals surface area contributed by atoms with Gasteiger partial charge in [0.1, 0.15) is 5.60 Å². The summed E-state index contributed by atoms with van der Waals surface area (Å²) in [5.74, 6) is 0.161. The lowest BCUT2D eigenvalue weighted by molar-refractivity contribution is -0.135. The Hall–Kier alpha value is -1.43. The van der Waals surface area contributed by atoms with Crippen LogP contribution < -0.4 is 0 Å². The van der Waals surface area contributed by atoms with E-state index in [4.69, 9.17) is 9.47 Å². The number of rotatable bonds is 4. The molecule has 2 aliphatic heterocycles. The molecule has 2 atom stereocenters. The molecule has 25 heavy (non-hydrogen) atoms. The van der Waals surface area contributed by atoms with Crippen molar-refractivity contribution in [2.75, 3.05) is 46.9 Å². The molecule has 2 fully saturated rings. The fourth-order valence-corrected chi connectivity index (χ4v) is 3.76. The Kier molecular flexibility index (Phi) is 5.77. The second-order valence-electron chi connectivity index (χ2n) is 7.75. The zero-order valence-electron chi connectivity index (χ0n) is 15.7. The lowest BCUT2D eigenvalue weighted by Gasteiger charge is -2.32. The largest absolute Gasteiger partial charge is 0.377 e. The van der Waals surface area contributed by atoms with Crippen LogP contribution in [0.4, 0.5) is 0 Å². The molecule has 1 aromatic rings. The number of hydrogen-bond donors (Lipinski definition) is 0. The predicted molar refractivity (Wildman–Crippen MR) is 97.7 cm³/mol. The minimum atomic E-state index is -0.333. The van der Waals surface area contributed by atoms with Crippen molar-refractivity contribution in [3.63, 3.8) is 0 Å². The lowest BCUT2D eigenvalue weighted by Crippen LogP contribution is -2.47. The zero-order chi connectivity index (χ0) is 17.9. The summed E-state index contributed by atoms with van der Waals surface area (Å²) in [6, 6.07) is 8.19. The average molecular weight is 346 g/mol. The van der Waals surface area contributed by atoms with Gasteiger partial charge in [-0.15, -0.1) is 0 Å². The number of likely N-dealkylation sites (N-methyl/N-ethyl adjacent to an activating group) is 1. The van der Waals surface area contributed by atoms with Gasteiger partial charge in [-0.05, 0) is 39.4 Å². The molecule has 5 nitrogen and oxygen atoms in total. The first kappa shape index (κ1) is 18.4. The van der Waals surface area contributed by atoms with E-state index in [1.807, 2.05) is 17.0 Å². The molecule has 0 aliphatic carbocycles. The van der Waals surface area contributed by atoms with Crippen LogP contribution in [0, 0.1) is 6.92 Å². The van der Waals surface area contributed by atoms with Crippen molar-refractivity contribution < 1.29 is 14.3 Å². The van der Waals surface area contributed by atoms with Crippen molar-refractivity contribution >= 4 is 5.91 Å². The second-order valence-corrected chi connectivity index (χ2v) is 7.75. The van der Waals surface area contributed by atoms with Gasteiger partial charge in [0, 0.05) is 13.1 Å². The van der Waals surface area contributed by atoms with Gasteiger partial charge >= 0.3 is 0 Å². The molecule has 138 valence electrons. The smallest absolute Gasteiger partial charge is 0.227 e. The summed E-state index contributed by atoms with van der Waals surface area (Å²) in [4.78, 5) is 16.9. The second kappa shape index (κ2) is 7.85. The lowest BCUT2D eigenvalue weighted by atomic mass is 9.99. The number of carbonyl (C=O) groups excluding carboxylic acids is 1. The molecule has 1 amide bonds. The summed E-state index contributed by atoms with van der Waals surface area (Å²) in [6.45, 7) is 5.44. The summed E-state index contributed by atoms with van der Waals surface area (Å²) in [5.41, 5.74) is 1.94. The number of aryl methyl sites for hydroxylation is 1. The van der Waals surface area contributed by atoms with Crippen LogP contribution in [0.15, 0.2) is 24.3 Å². The van der Waals surface area contributed by atoms with Gasteiger partial charge in [0.05, 0.1) is 32.3 Å². The van der Waals surface area contributed by atoms with Gasteiger partial charge in [-0.3, -0.25) is 4.79 Å². The van der Waals surface area contributed by atoms with Crippen LogP contribution in [0.1, 0.15) is 24.0 Å². The Morgan fingerprint density at radius 1 is 1.32 bits per heavy atom. The molecule has 0 N–H and O–H groups in total. The number of hydrogen-bond acceptors (Lipinski definition) is 4. The first-order valence-electron chi connectivity index (χ1n) is 9.19. The van der Waals surface area contributed by atoms with E-state index in [2.05, 4.69) is 38.1 Å². The Balaban J connectivity index is 1.63. The van der Waals surface area contributed by atoms with Crippen molar-refractivity contribution in [3.05, 3.63) is 35.4 Å². The Bertz CT molecular complexity index is 587. The van der Waals surface area contributed by atoms with E-state index >= 15 is 0 Å². The van der Waals surface area contributed by atoms with Gasteiger partial charge in [-0.25, -0.2) is 0 Å². The van der Waals surface area contributed by atoms with Crippen LogP contribution in [0.2, 0.25) is 0 Å². The first-order valence-corrected chi connectivity index (χ1v) is 9.19. The molecule has 0 aromatic heterocycles. The SMILES string of the molecule is Cc1ccc(CC(=O)N2CCOC[C@@]3(CC[C@H](CN(C)C)O3)C2)cc1. The molecular weight excluding hydrogens is 316 g/mol. The molecule has 2 aliphatic rings.